The summed E-state index contributed by atoms with van der Waals surface area (Å²) in [6.45, 7) is 0. The first-order valence-electron chi connectivity index (χ1n) is 9.25. The summed E-state index contributed by atoms with van der Waals surface area (Å²) in [5.41, 5.74) is 3.83. The van der Waals surface area contributed by atoms with Crippen LogP contribution in [0.2, 0.25) is 5.02 Å². The summed E-state index contributed by atoms with van der Waals surface area (Å²) >= 11 is 5.87. The first kappa shape index (κ1) is 20.9. The van der Waals surface area contributed by atoms with Crippen molar-refractivity contribution < 1.29 is 14.8 Å². The van der Waals surface area contributed by atoms with Crippen LogP contribution in [0.5, 0.6) is 5.75 Å². The third-order valence-electron chi connectivity index (χ3n) is 4.54. The van der Waals surface area contributed by atoms with Crippen LogP contribution in [0.15, 0.2) is 72.0 Å². The smallest absolute Gasteiger partial charge is 0.312 e. The summed E-state index contributed by atoms with van der Waals surface area (Å²) in [7, 11) is 0. The van der Waals surface area contributed by atoms with E-state index in [-0.39, 0.29) is 10.6 Å². The van der Waals surface area contributed by atoms with Crippen LogP contribution in [0.4, 0.5) is 5.69 Å². The normalized spacial score (nSPS) is 11.0. The van der Waals surface area contributed by atoms with Gasteiger partial charge in [0.05, 0.1) is 33.6 Å². The van der Waals surface area contributed by atoms with Crippen molar-refractivity contribution in [3.05, 3.63) is 93.1 Å². The number of nitro groups is 1. The Morgan fingerprint density at radius 3 is 2.66 bits per heavy atom. The molecule has 2 N–H and O–H groups in total. The van der Waals surface area contributed by atoms with E-state index in [1.165, 1.54) is 6.07 Å². The maximum Gasteiger partial charge on any atom is 0.312 e. The quantitative estimate of drug-likeness (QED) is 0.266. The van der Waals surface area contributed by atoms with Gasteiger partial charge in [-0.05, 0) is 30.3 Å². The number of nitrogens with zero attached hydrogens (tertiary/aromatic N) is 4. The average Bonchev–Trinajstić information content (AvgIpc) is 2.80. The molecule has 0 fully saturated rings. The highest BCUT2D eigenvalue weighted by atomic mass is 35.5. The third-order valence-corrected chi connectivity index (χ3v) is 4.76. The van der Waals surface area contributed by atoms with Gasteiger partial charge in [0.1, 0.15) is 0 Å². The molecule has 0 bridgehead atoms. The van der Waals surface area contributed by atoms with Crippen molar-refractivity contribution in [2.75, 3.05) is 0 Å². The molecule has 10 heteroatoms. The Bertz CT molecular complexity index is 1380. The van der Waals surface area contributed by atoms with Gasteiger partial charge in [0, 0.05) is 28.2 Å². The van der Waals surface area contributed by atoms with Crippen LogP contribution in [-0.2, 0) is 0 Å². The Labute approximate surface area is 186 Å². The number of hydrogen-bond donors (Lipinski definition) is 2. The molecule has 4 aromatic rings. The second kappa shape index (κ2) is 8.78. The van der Waals surface area contributed by atoms with Gasteiger partial charge in [-0.15, -0.1) is 0 Å². The molecule has 4 rings (SSSR count). The fourth-order valence-electron chi connectivity index (χ4n) is 3.07. The first-order valence-corrected chi connectivity index (χ1v) is 9.63. The van der Waals surface area contributed by atoms with E-state index in [1.54, 1.807) is 42.6 Å². The van der Waals surface area contributed by atoms with Crippen molar-refractivity contribution in [3.63, 3.8) is 0 Å². The lowest BCUT2D eigenvalue weighted by molar-refractivity contribution is -0.385. The lowest BCUT2D eigenvalue weighted by Gasteiger charge is -2.08. The Balaban J connectivity index is 1.67. The number of carbonyl (C=O) groups is 1. The van der Waals surface area contributed by atoms with Gasteiger partial charge in [0.25, 0.3) is 5.91 Å². The van der Waals surface area contributed by atoms with Crippen molar-refractivity contribution >= 4 is 40.3 Å². The molecule has 2 aromatic carbocycles. The van der Waals surface area contributed by atoms with Crippen LogP contribution >= 0.6 is 11.6 Å². The van der Waals surface area contributed by atoms with Gasteiger partial charge in [-0.25, -0.2) is 10.4 Å². The van der Waals surface area contributed by atoms with Crippen LogP contribution in [0, 0.1) is 10.1 Å². The molecule has 9 nitrogen and oxygen atoms in total. The lowest BCUT2D eigenvalue weighted by atomic mass is 10.1. The maximum atomic E-state index is 12.9. The molecule has 0 aliphatic heterocycles. The number of carbonyl (C=O) groups excluding carboxylic acids is 1. The highest BCUT2D eigenvalue weighted by molar-refractivity contribution is 6.31. The largest absolute Gasteiger partial charge is 0.502 e. The number of benzene rings is 2. The highest BCUT2D eigenvalue weighted by Gasteiger charge is 2.18. The van der Waals surface area contributed by atoms with Gasteiger partial charge < -0.3 is 5.11 Å². The molecule has 0 unspecified atom stereocenters. The fourth-order valence-corrected chi connectivity index (χ4v) is 3.29. The van der Waals surface area contributed by atoms with E-state index in [9.17, 15) is 20.0 Å². The monoisotopic (exact) mass is 447 g/mol. The number of hydrazone groups is 1. The van der Waals surface area contributed by atoms with Gasteiger partial charge in [-0.2, -0.15) is 5.10 Å². The van der Waals surface area contributed by atoms with E-state index < -0.39 is 22.3 Å². The van der Waals surface area contributed by atoms with Crippen LogP contribution < -0.4 is 5.43 Å². The van der Waals surface area contributed by atoms with E-state index in [1.807, 2.05) is 12.1 Å². The third kappa shape index (κ3) is 4.23. The molecule has 0 atom stereocenters. The van der Waals surface area contributed by atoms with E-state index >= 15 is 0 Å². The molecule has 1 amide bonds. The molecule has 0 radical (unpaired) electrons. The van der Waals surface area contributed by atoms with Crippen molar-refractivity contribution in [3.8, 4) is 17.1 Å². The molecule has 0 spiro atoms. The second-order valence-corrected chi connectivity index (χ2v) is 7.04. The summed E-state index contributed by atoms with van der Waals surface area (Å²) in [6, 6.07) is 16.4. The highest BCUT2D eigenvalue weighted by Crippen LogP contribution is 2.32. The minimum atomic E-state index is -0.764. The van der Waals surface area contributed by atoms with Crippen LogP contribution in [0.1, 0.15) is 15.9 Å². The number of amides is 1. The average molecular weight is 448 g/mol. The molecule has 0 aliphatic carbocycles. The van der Waals surface area contributed by atoms with Crippen LogP contribution in [-0.4, -0.2) is 32.1 Å². The zero-order chi connectivity index (χ0) is 22.7. The number of pyridine rings is 2. The molecule has 32 heavy (non-hydrogen) atoms. The molecular formula is C22H14ClN5O4. The number of hydrogen-bond acceptors (Lipinski definition) is 7. The Kier molecular flexibility index (Phi) is 5.73. The molecule has 0 saturated heterocycles. The Morgan fingerprint density at radius 2 is 1.91 bits per heavy atom. The molecule has 0 aliphatic rings. The van der Waals surface area contributed by atoms with Gasteiger partial charge in [0.15, 0.2) is 0 Å². The van der Waals surface area contributed by atoms with Gasteiger partial charge in [0.2, 0.25) is 5.75 Å². The van der Waals surface area contributed by atoms with E-state index in [4.69, 9.17) is 11.6 Å². The number of rotatable bonds is 5. The Morgan fingerprint density at radius 1 is 1.12 bits per heavy atom. The summed E-state index contributed by atoms with van der Waals surface area (Å²) < 4.78 is 0. The number of phenols is 1. The summed E-state index contributed by atoms with van der Waals surface area (Å²) in [5.74, 6) is -1.14. The number of fused-ring (bicyclic) bond motifs is 1. The zero-order valence-electron chi connectivity index (χ0n) is 16.3. The fraction of sp³-hybridized carbons (Fsp3) is 0. The van der Waals surface area contributed by atoms with Crippen LogP contribution in [0.3, 0.4) is 0 Å². The SMILES string of the molecule is O=C(NN=Cc1cc(Cl)cc([N+](=O)[O-])c1O)c1cc(-c2ccccn2)nc2ccccc12. The van der Waals surface area contributed by atoms with Gasteiger partial charge in [-0.3, -0.25) is 19.9 Å². The topological polar surface area (TPSA) is 131 Å². The minimum Gasteiger partial charge on any atom is -0.502 e. The van der Waals surface area contributed by atoms with Crippen LogP contribution in [0.25, 0.3) is 22.3 Å². The number of nitrogens with one attached hydrogen (secondary N) is 1. The second-order valence-electron chi connectivity index (χ2n) is 6.61. The number of para-hydroxylation sites is 1. The molecular weight excluding hydrogens is 434 g/mol. The standard InChI is InChI=1S/C22H14ClN5O4/c23-14-9-13(21(29)20(10-14)28(31)32)12-25-27-22(30)16-11-19(18-7-3-4-8-24-18)26-17-6-2-1-5-15(16)17/h1-12,29H,(H,27,30). The summed E-state index contributed by atoms with van der Waals surface area (Å²) in [4.78, 5) is 32.0. The van der Waals surface area contributed by atoms with Crippen molar-refractivity contribution in [2.24, 2.45) is 5.10 Å². The number of aromatic hydroxyl groups is 1. The Hall–Kier alpha value is -4.37. The predicted octanol–water partition coefficient (Wildman–Crippen LogP) is 4.33. The van der Waals surface area contributed by atoms with E-state index in [0.29, 0.717) is 27.9 Å². The molecule has 0 saturated carbocycles. The van der Waals surface area contributed by atoms with Crippen molar-refractivity contribution in [1.29, 1.82) is 0 Å². The van der Waals surface area contributed by atoms with Gasteiger partial charge in [-0.1, -0.05) is 35.9 Å². The maximum absolute atomic E-state index is 12.9. The number of aromatic nitrogens is 2. The minimum absolute atomic E-state index is 0.0155. The van der Waals surface area contributed by atoms with Crippen molar-refractivity contribution in [1.82, 2.24) is 15.4 Å². The van der Waals surface area contributed by atoms with Crippen molar-refractivity contribution in [2.45, 2.75) is 0 Å². The number of phenolic OH excluding ortho intramolecular Hbond substituents is 1. The van der Waals surface area contributed by atoms with E-state index in [0.717, 1.165) is 12.3 Å². The predicted molar refractivity (Wildman–Crippen MR) is 120 cm³/mol. The number of halogens is 1. The van der Waals surface area contributed by atoms with E-state index in [2.05, 4.69) is 20.5 Å². The summed E-state index contributed by atoms with van der Waals surface area (Å²) in [6.07, 6.45) is 2.71. The van der Waals surface area contributed by atoms with Gasteiger partial charge >= 0.3 is 5.69 Å². The number of nitro benzene ring substituents is 1. The first-order chi connectivity index (χ1) is 15.4. The summed E-state index contributed by atoms with van der Waals surface area (Å²) in [5, 5.41) is 25.6. The zero-order valence-corrected chi connectivity index (χ0v) is 17.0. The lowest BCUT2D eigenvalue weighted by Crippen LogP contribution is -2.18. The molecule has 2 heterocycles. The molecule has 158 valence electrons. The molecule has 2 aromatic heterocycles.